The smallest absolute Gasteiger partial charge is 0.225 e. The molecular weight excluding hydrogens is 426 g/mol. The van der Waals surface area contributed by atoms with Crippen molar-refractivity contribution in [3.63, 3.8) is 0 Å². The Hall–Kier alpha value is -3.66. The maximum atomic E-state index is 12.3. The van der Waals surface area contributed by atoms with Crippen LogP contribution in [0.25, 0.3) is 11.0 Å². The second-order valence-electron chi connectivity index (χ2n) is 6.91. The fraction of sp³-hybridized carbons (Fsp3) is 0.227. The van der Waals surface area contributed by atoms with Crippen LogP contribution in [-0.4, -0.2) is 48.5 Å². The van der Waals surface area contributed by atoms with Gasteiger partial charge in [0.05, 0.1) is 12.6 Å². The largest absolute Gasteiger partial charge is 0.497 e. The molecule has 0 aliphatic rings. The Balaban J connectivity index is 1.39. The summed E-state index contributed by atoms with van der Waals surface area (Å²) in [5, 5.41) is 20.7. The van der Waals surface area contributed by atoms with Crippen LogP contribution >= 0.6 is 11.8 Å². The third-order valence-electron chi connectivity index (χ3n) is 4.73. The number of nitrogens with zero attached hydrogens (tertiary/aromatic N) is 6. The van der Waals surface area contributed by atoms with Gasteiger partial charge in [0.2, 0.25) is 5.91 Å². The van der Waals surface area contributed by atoms with E-state index in [0.29, 0.717) is 36.7 Å². The summed E-state index contributed by atoms with van der Waals surface area (Å²) in [5.74, 6) is 1.94. The number of carbonyl (C=O) groups excluding carboxylic acids is 1. The number of amides is 1. The Morgan fingerprint density at radius 1 is 1.19 bits per heavy atom. The lowest BCUT2D eigenvalue weighted by Crippen LogP contribution is -2.13. The molecule has 1 amide bonds. The summed E-state index contributed by atoms with van der Waals surface area (Å²) >= 11 is 1.48. The van der Waals surface area contributed by atoms with Gasteiger partial charge in [0.1, 0.15) is 17.8 Å². The molecule has 0 radical (unpaired) electrons. The Morgan fingerprint density at radius 3 is 2.91 bits per heavy atom. The molecule has 0 aliphatic heterocycles. The van der Waals surface area contributed by atoms with E-state index in [4.69, 9.17) is 4.74 Å². The van der Waals surface area contributed by atoms with Gasteiger partial charge in [-0.25, -0.2) is 4.68 Å². The Morgan fingerprint density at radius 2 is 2.06 bits per heavy atom. The van der Waals surface area contributed by atoms with Crippen LogP contribution in [0.3, 0.4) is 0 Å². The average molecular weight is 450 g/mol. The third kappa shape index (κ3) is 4.97. The first-order chi connectivity index (χ1) is 15.7. The van der Waals surface area contributed by atoms with Crippen molar-refractivity contribution >= 4 is 34.4 Å². The molecule has 0 bridgehead atoms. The van der Waals surface area contributed by atoms with Gasteiger partial charge in [-0.1, -0.05) is 41.3 Å². The first kappa shape index (κ1) is 21.6. The second-order valence-corrected chi connectivity index (χ2v) is 7.97. The van der Waals surface area contributed by atoms with Gasteiger partial charge in [-0.15, -0.1) is 21.9 Å². The fourth-order valence-electron chi connectivity index (χ4n) is 3.18. The van der Waals surface area contributed by atoms with Gasteiger partial charge >= 0.3 is 0 Å². The van der Waals surface area contributed by atoms with Crippen LogP contribution in [0.1, 0.15) is 12.2 Å². The highest BCUT2D eigenvalue weighted by molar-refractivity contribution is 7.99. The second kappa shape index (κ2) is 10.1. The summed E-state index contributed by atoms with van der Waals surface area (Å²) < 4.78 is 8.96. The van der Waals surface area contributed by atoms with Crippen LogP contribution in [0.4, 0.5) is 5.69 Å². The molecule has 4 rings (SSSR count). The number of hydrogen-bond acceptors (Lipinski definition) is 7. The van der Waals surface area contributed by atoms with Gasteiger partial charge in [-0.3, -0.25) is 4.79 Å². The number of allylic oxidation sites excluding steroid dienone is 1. The Kier molecular flexibility index (Phi) is 6.81. The predicted molar refractivity (Wildman–Crippen MR) is 124 cm³/mol. The van der Waals surface area contributed by atoms with Crippen molar-refractivity contribution in [2.45, 2.75) is 24.7 Å². The Bertz CT molecular complexity index is 1230. The van der Waals surface area contributed by atoms with Gasteiger partial charge in [0, 0.05) is 30.5 Å². The van der Waals surface area contributed by atoms with Gasteiger partial charge in [0.15, 0.2) is 11.0 Å². The number of ether oxygens (including phenoxy) is 1. The van der Waals surface area contributed by atoms with Crippen molar-refractivity contribution in [2.75, 3.05) is 18.2 Å². The summed E-state index contributed by atoms with van der Waals surface area (Å²) in [6.45, 7) is 4.84. The van der Waals surface area contributed by atoms with Crippen molar-refractivity contribution < 1.29 is 9.53 Å². The van der Waals surface area contributed by atoms with E-state index in [1.807, 2.05) is 47.0 Å². The summed E-state index contributed by atoms with van der Waals surface area (Å²) in [6.07, 6.45) is 2.14. The van der Waals surface area contributed by atoms with Gasteiger partial charge in [-0.2, -0.15) is 0 Å². The van der Waals surface area contributed by atoms with E-state index in [2.05, 4.69) is 32.4 Å². The lowest BCUT2D eigenvalue weighted by atomic mass is 10.3. The molecule has 10 heteroatoms. The number of carbonyl (C=O) groups is 1. The highest BCUT2D eigenvalue weighted by Gasteiger charge is 2.15. The molecule has 9 nitrogen and oxygen atoms in total. The molecule has 0 fully saturated rings. The topological polar surface area (TPSA) is 99.8 Å². The van der Waals surface area contributed by atoms with Crippen molar-refractivity contribution in [2.24, 2.45) is 0 Å². The molecule has 0 spiro atoms. The van der Waals surface area contributed by atoms with E-state index in [1.165, 1.54) is 11.8 Å². The van der Waals surface area contributed by atoms with Crippen LogP contribution in [0.15, 0.2) is 66.3 Å². The van der Waals surface area contributed by atoms with Gasteiger partial charge < -0.3 is 14.6 Å². The van der Waals surface area contributed by atoms with E-state index in [1.54, 1.807) is 23.9 Å². The van der Waals surface area contributed by atoms with Crippen LogP contribution in [0.5, 0.6) is 5.75 Å². The van der Waals surface area contributed by atoms with Crippen LogP contribution in [-0.2, 0) is 17.9 Å². The molecule has 0 atom stereocenters. The normalized spacial score (nSPS) is 10.9. The van der Waals surface area contributed by atoms with E-state index in [0.717, 1.165) is 22.0 Å². The minimum absolute atomic E-state index is 0.0742. The number of methoxy groups -OCH3 is 1. The number of fused-ring (bicyclic) bond motifs is 1. The molecule has 4 aromatic rings. The number of rotatable bonds is 10. The first-order valence-electron chi connectivity index (χ1n) is 10.1. The Labute approximate surface area is 189 Å². The molecule has 2 aromatic carbocycles. The maximum absolute atomic E-state index is 12.3. The third-order valence-corrected chi connectivity index (χ3v) is 5.70. The summed E-state index contributed by atoms with van der Waals surface area (Å²) in [7, 11) is 1.59. The molecule has 0 saturated carbocycles. The number of benzene rings is 2. The molecule has 2 aromatic heterocycles. The standard InChI is InChI=1S/C22H23N7O2S/c1-3-12-28-20(15-29-19-10-5-4-9-18(19)24-27-29)25-26-22(28)32-13-11-21(30)23-16-7-6-8-17(14-16)31-2/h3-10,14H,1,11-13,15H2,2H3,(H,23,30). The lowest BCUT2D eigenvalue weighted by molar-refractivity contribution is -0.115. The van der Waals surface area contributed by atoms with Crippen molar-refractivity contribution in [1.29, 1.82) is 0 Å². The van der Waals surface area contributed by atoms with E-state index in [-0.39, 0.29) is 5.91 Å². The molecule has 164 valence electrons. The van der Waals surface area contributed by atoms with E-state index < -0.39 is 0 Å². The molecule has 32 heavy (non-hydrogen) atoms. The number of anilines is 1. The maximum Gasteiger partial charge on any atom is 0.225 e. The highest BCUT2D eigenvalue weighted by Crippen LogP contribution is 2.21. The van der Waals surface area contributed by atoms with Gasteiger partial charge in [0.25, 0.3) is 0 Å². The van der Waals surface area contributed by atoms with Gasteiger partial charge in [-0.05, 0) is 24.3 Å². The van der Waals surface area contributed by atoms with Crippen LogP contribution < -0.4 is 10.1 Å². The number of aromatic nitrogens is 6. The summed E-state index contributed by atoms with van der Waals surface area (Å²) in [6, 6.07) is 15.1. The number of para-hydroxylation sites is 1. The number of thioether (sulfide) groups is 1. The zero-order valence-electron chi connectivity index (χ0n) is 17.6. The fourth-order valence-corrected chi connectivity index (χ4v) is 4.09. The molecule has 2 heterocycles. The molecule has 1 N–H and O–H groups in total. The SMILES string of the molecule is C=CCn1c(Cn2nnc3ccccc32)nnc1SCCC(=O)Nc1cccc(OC)c1. The monoisotopic (exact) mass is 449 g/mol. The van der Waals surface area contributed by atoms with Crippen molar-refractivity contribution in [3.05, 3.63) is 67.0 Å². The molecule has 0 unspecified atom stereocenters. The first-order valence-corrected chi connectivity index (χ1v) is 11.0. The van der Waals surface area contributed by atoms with Crippen molar-refractivity contribution in [3.8, 4) is 5.75 Å². The van der Waals surface area contributed by atoms with E-state index in [9.17, 15) is 4.79 Å². The zero-order valence-corrected chi connectivity index (χ0v) is 18.5. The summed E-state index contributed by atoms with van der Waals surface area (Å²) in [4.78, 5) is 12.3. The molecular formula is C22H23N7O2S. The predicted octanol–water partition coefficient (Wildman–Crippen LogP) is 3.39. The highest BCUT2D eigenvalue weighted by atomic mass is 32.2. The number of hydrogen-bond donors (Lipinski definition) is 1. The average Bonchev–Trinajstić information content (AvgIpc) is 3.39. The lowest BCUT2D eigenvalue weighted by Gasteiger charge is -2.09. The minimum Gasteiger partial charge on any atom is -0.497 e. The van der Waals surface area contributed by atoms with Crippen molar-refractivity contribution in [1.82, 2.24) is 29.8 Å². The molecule has 0 aliphatic carbocycles. The summed E-state index contributed by atoms with van der Waals surface area (Å²) in [5.41, 5.74) is 2.47. The molecule has 0 saturated heterocycles. The minimum atomic E-state index is -0.0742. The zero-order chi connectivity index (χ0) is 22.3. The van der Waals surface area contributed by atoms with Crippen LogP contribution in [0.2, 0.25) is 0 Å². The van der Waals surface area contributed by atoms with Crippen LogP contribution in [0, 0.1) is 0 Å². The number of nitrogens with one attached hydrogen (secondary N) is 1. The quantitative estimate of drug-likeness (QED) is 0.293. The van der Waals surface area contributed by atoms with E-state index >= 15 is 0 Å².